The number of methoxy groups -OCH3 is 1. The van der Waals surface area contributed by atoms with Gasteiger partial charge in [-0.25, -0.2) is 0 Å². The van der Waals surface area contributed by atoms with E-state index in [1.165, 1.54) is 32.2 Å². The average Bonchev–Trinajstić information content (AvgIpc) is 2.49. The summed E-state index contributed by atoms with van der Waals surface area (Å²) in [5.74, 6) is 1.26. The number of rotatable bonds is 10. The lowest BCUT2D eigenvalue weighted by Crippen LogP contribution is -2.22. The zero-order valence-corrected chi connectivity index (χ0v) is 14.1. The first-order chi connectivity index (χ1) is 10.6. The van der Waals surface area contributed by atoms with Gasteiger partial charge in [0.1, 0.15) is 5.75 Å². The van der Waals surface area contributed by atoms with E-state index in [-0.39, 0.29) is 0 Å². The molecular weight excluding hydrogens is 276 g/mol. The van der Waals surface area contributed by atoms with Crippen molar-refractivity contribution in [3.8, 4) is 5.75 Å². The van der Waals surface area contributed by atoms with Crippen LogP contribution < -0.4 is 15.8 Å². The predicted octanol–water partition coefficient (Wildman–Crippen LogP) is 2.93. The third-order valence-corrected chi connectivity index (χ3v) is 3.39. The summed E-state index contributed by atoms with van der Waals surface area (Å²) < 4.78 is 5.17. The second kappa shape index (κ2) is 10.9. The lowest BCUT2D eigenvalue weighted by molar-refractivity contribution is 0.390. The molecule has 22 heavy (non-hydrogen) atoms. The van der Waals surface area contributed by atoms with Gasteiger partial charge in [-0.2, -0.15) is 0 Å². The van der Waals surface area contributed by atoms with Crippen molar-refractivity contribution in [2.75, 3.05) is 39.6 Å². The molecule has 1 rings (SSSR count). The summed E-state index contributed by atoms with van der Waals surface area (Å²) in [6.45, 7) is 1.95. The van der Waals surface area contributed by atoms with Crippen LogP contribution in [0.15, 0.2) is 29.3 Å². The Kier molecular flexibility index (Phi) is 9.07. The number of unbranched alkanes of at least 4 members (excludes halogenated alkanes) is 4. The number of nitrogens with zero attached hydrogens (tertiary/aromatic N) is 2. The summed E-state index contributed by atoms with van der Waals surface area (Å²) in [6, 6.07) is 7.65. The van der Waals surface area contributed by atoms with Gasteiger partial charge >= 0.3 is 0 Å². The molecule has 0 fully saturated rings. The van der Waals surface area contributed by atoms with Gasteiger partial charge in [-0.15, -0.1) is 0 Å². The van der Waals surface area contributed by atoms with Gasteiger partial charge in [0, 0.05) is 18.3 Å². The SMILES string of the molecule is COc1cccc(NC(N)=NCCCCCCCN(C)C)c1. The minimum atomic E-state index is 0.459. The molecule has 5 nitrogen and oxygen atoms in total. The highest BCUT2D eigenvalue weighted by Crippen LogP contribution is 2.16. The summed E-state index contributed by atoms with van der Waals surface area (Å²) in [5, 5.41) is 3.08. The van der Waals surface area contributed by atoms with Gasteiger partial charge in [-0.3, -0.25) is 4.99 Å². The Morgan fingerprint density at radius 3 is 2.64 bits per heavy atom. The summed E-state index contributed by atoms with van der Waals surface area (Å²) in [6.07, 6.45) is 6.13. The molecule has 0 unspecified atom stereocenters. The van der Waals surface area contributed by atoms with E-state index < -0.39 is 0 Å². The van der Waals surface area contributed by atoms with Crippen LogP contribution in [0.1, 0.15) is 32.1 Å². The first kappa shape index (κ1) is 18.3. The topological polar surface area (TPSA) is 62.9 Å². The first-order valence-corrected chi connectivity index (χ1v) is 7.97. The van der Waals surface area contributed by atoms with Crippen molar-refractivity contribution in [3.63, 3.8) is 0 Å². The predicted molar refractivity (Wildman–Crippen MR) is 94.7 cm³/mol. The highest BCUT2D eigenvalue weighted by molar-refractivity contribution is 5.92. The fraction of sp³-hybridized carbons (Fsp3) is 0.588. The molecule has 0 amide bonds. The molecule has 0 atom stereocenters. The number of nitrogens with one attached hydrogen (secondary N) is 1. The Morgan fingerprint density at radius 2 is 1.91 bits per heavy atom. The summed E-state index contributed by atoms with van der Waals surface area (Å²) >= 11 is 0. The van der Waals surface area contributed by atoms with Gasteiger partial charge in [0.2, 0.25) is 0 Å². The van der Waals surface area contributed by atoms with E-state index in [1.54, 1.807) is 7.11 Å². The lowest BCUT2D eigenvalue weighted by atomic mass is 10.1. The third kappa shape index (κ3) is 8.52. The Morgan fingerprint density at radius 1 is 1.18 bits per heavy atom. The van der Waals surface area contributed by atoms with Crippen LogP contribution in [-0.4, -0.2) is 45.2 Å². The van der Waals surface area contributed by atoms with Crippen LogP contribution in [0.25, 0.3) is 0 Å². The molecule has 0 heterocycles. The molecular formula is C17H30N4O. The summed E-state index contributed by atoms with van der Waals surface area (Å²) in [5.41, 5.74) is 6.78. The van der Waals surface area contributed by atoms with Crippen molar-refractivity contribution in [2.24, 2.45) is 10.7 Å². The van der Waals surface area contributed by atoms with Crippen molar-refractivity contribution in [1.82, 2.24) is 4.90 Å². The van der Waals surface area contributed by atoms with E-state index in [0.717, 1.165) is 24.4 Å². The van der Waals surface area contributed by atoms with E-state index >= 15 is 0 Å². The number of hydrogen-bond donors (Lipinski definition) is 2. The minimum Gasteiger partial charge on any atom is -0.497 e. The molecule has 0 saturated carbocycles. The highest BCUT2D eigenvalue weighted by Gasteiger charge is 1.97. The summed E-state index contributed by atoms with van der Waals surface area (Å²) in [4.78, 5) is 6.59. The Bertz CT molecular complexity index is 446. The molecule has 0 saturated heterocycles. The number of nitrogens with two attached hydrogens (primary N) is 1. The largest absolute Gasteiger partial charge is 0.497 e. The molecule has 0 aliphatic rings. The lowest BCUT2D eigenvalue weighted by Gasteiger charge is -2.08. The van der Waals surface area contributed by atoms with Gasteiger partial charge < -0.3 is 20.7 Å². The molecule has 3 N–H and O–H groups in total. The second-order valence-electron chi connectivity index (χ2n) is 5.69. The van der Waals surface area contributed by atoms with E-state index in [9.17, 15) is 0 Å². The number of benzene rings is 1. The molecule has 0 radical (unpaired) electrons. The molecule has 0 aliphatic heterocycles. The zero-order valence-electron chi connectivity index (χ0n) is 14.1. The van der Waals surface area contributed by atoms with E-state index in [4.69, 9.17) is 10.5 Å². The second-order valence-corrected chi connectivity index (χ2v) is 5.69. The molecule has 1 aromatic carbocycles. The maximum absolute atomic E-state index is 5.89. The highest BCUT2D eigenvalue weighted by atomic mass is 16.5. The maximum Gasteiger partial charge on any atom is 0.193 e. The van der Waals surface area contributed by atoms with Crippen molar-refractivity contribution in [2.45, 2.75) is 32.1 Å². The van der Waals surface area contributed by atoms with Gasteiger partial charge in [-0.05, 0) is 45.6 Å². The Hall–Kier alpha value is -1.75. The third-order valence-electron chi connectivity index (χ3n) is 3.39. The molecule has 5 heteroatoms. The van der Waals surface area contributed by atoms with Crippen LogP contribution in [0.5, 0.6) is 5.75 Å². The van der Waals surface area contributed by atoms with E-state index in [1.807, 2.05) is 24.3 Å². The summed E-state index contributed by atoms with van der Waals surface area (Å²) in [7, 11) is 5.88. The van der Waals surface area contributed by atoms with Crippen molar-refractivity contribution in [1.29, 1.82) is 0 Å². The zero-order chi connectivity index (χ0) is 16.2. The fourth-order valence-electron chi connectivity index (χ4n) is 2.16. The smallest absolute Gasteiger partial charge is 0.193 e. The standard InChI is InChI=1S/C17H30N4O/c1-21(2)13-8-6-4-5-7-12-19-17(18)20-15-10-9-11-16(14-15)22-3/h9-11,14H,4-8,12-13H2,1-3H3,(H3,18,19,20). The van der Waals surface area contributed by atoms with Crippen molar-refractivity contribution < 1.29 is 4.74 Å². The molecule has 0 spiro atoms. The minimum absolute atomic E-state index is 0.459. The monoisotopic (exact) mass is 306 g/mol. The first-order valence-electron chi connectivity index (χ1n) is 7.97. The van der Waals surface area contributed by atoms with Crippen molar-refractivity contribution in [3.05, 3.63) is 24.3 Å². The number of aliphatic imine (C=N–C) groups is 1. The quantitative estimate of drug-likeness (QED) is 0.396. The van der Waals surface area contributed by atoms with Crippen molar-refractivity contribution >= 4 is 11.6 Å². The van der Waals surface area contributed by atoms with Crippen LogP contribution in [0.4, 0.5) is 5.69 Å². The molecule has 124 valence electrons. The van der Waals surface area contributed by atoms with Crippen LogP contribution >= 0.6 is 0 Å². The molecule has 0 aromatic heterocycles. The van der Waals surface area contributed by atoms with Crippen LogP contribution in [0.2, 0.25) is 0 Å². The van der Waals surface area contributed by atoms with E-state index in [2.05, 4.69) is 29.3 Å². The van der Waals surface area contributed by atoms with Gasteiger partial charge in [0.05, 0.1) is 7.11 Å². The molecule has 1 aromatic rings. The number of ether oxygens (including phenoxy) is 1. The molecule has 0 bridgehead atoms. The van der Waals surface area contributed by atoms with Gasteiger partial charge in [0.25, 0.3) is 0 Å². The van der Waals surface area contributed by atoms with Crippen LogP contribution in [0, 0.1) is 0 Å². The van der Waals surface area contributed by atoms with Gasteiger partial charge in [-0.1, -0.05) is 25.3 Å². The Balaban J connectivity index is 2.15. The fourth-order valence-corrected chi connectivity index (χ4v) is 2.16. The Labute approximate surface area is 134 Å². The molecule has 0 aliphatic carbocycles. The number of hydrogen-bond acceptors (Lipinski definition) is 3. The van der Waals surface area contributed by atoms with E-state index in [0.29, 0.717) is 5.96 Å². The number of guanidine groups is 1. The van der Waals surface area contributed by atoms with Crippen LogP contribution in [-0.2, 0) is 0 Å². The van der Waals surface area contributed by atoms with Gasteiger partial charge in [0.15, 0.2) is 5.96 Å². The van der Waals surface area contributed by atoms with Crippen LogP contribution in [0.3, 0.4) is 0 Å². The number of anilines is 1. The maximum atomic E-state index is 5.89. The average molecular weight is 306 g/mol. The normalized spacial score (nSPS) is 11.7.